The van der Waals surface area contributed by atoms with Gasteiger partial charge in [0, 0.05) is 12.0 Å². The smallest absolute Gasteiger partial charge is 0.139 e. The van der Waals surface area contributed by atoms with Crippen LogP contribution < -0.4 is 4.74 Å². The summed E-state index contributed by atoms with van der Waals surface area (Å²) in [5, 5.41) is 0. The van der Waals surface area contributed by atoms with E-state index in [1.807, 2.05) is 38.1 Å². The number of ketones is 1. The molecule has 0 saturated carbocycles. The molecule has 0 aliphatic heterocycles. The van der Waals surface area contributed by atoms with E-state index in [2.05, 4.69) is 18.7 Å². The minimum Gasteiger partial charge on any atom is -0.492 e. The van der Waals surface area contributed by atoms with Crippen molar-refractivity contribution in [2.24, 2.45) is 0 Å². The molecule has 3 nitrogen and oxygen atoms in total. The maximum absolute atomic E-state index is 11.6. The molecule has 112 valence electrons. The zero-order valence-corrected chi connectivity index (χ0v) is 13.4. The van der Waals surface area contributed by atoms with Crippen molar-refractivity contribution in [3.8, 4) is 5.75 Å². The molecule has 1 aromatic rings. The van der Waals surface area contributed by atoms with Gasteiger partial charge in [-0.1, -0.05) is 26.0 Å². The highest BCUT2D eigenvalue weighted by Crippen LogP contribution is 2.26. The average Bonchev–Trinajstić information content (AvgIpc) is 2.44. The molecule has 0 heterocycles. The normalized spacial score (nSPS) is 11.7. The molecule has 0 aliphatic rings. The van der Waals surface area contributed by atoms with Crippen LogP contribution in [0, 0.1) is 0 Å². The molecule has 20 heavy (non-hydrogen) atoms. The van der Waals surface area contributed by atoms with Gasteiger partial charge in [-0.15, -0.1) is 0 Å². The topological polar surface area (TPSA) is 29.5 Å². The van der Waals surface area contributed by atoms with Crippen LogP contribution >= 0.6 is 0 Å². The van der Waals surface area contributed by atoms with Crippen LogP contribution in [0.3, 0.4) is 0 Å². The van der Waals surface area contributed by atoms with Gasteiger partial charge in [0.2, 0.25) is 0 Å². The number of hydrogen-bond donors (Lipinski definition) is 0. The van der Waals surface area contributed by atoms with E-state index in [1.54, 1.807) is 6.92 Å². The molecule has 0 amide bonds. The van der Waals surface area contributed by atoms with Crippen LogP contribution in [-0.4, -0.2) is 36.9 Å². The number of carbonyl (C=O) groups excluding carboxylic acids is 1. The van der Waals surface area contributed by atoms with E-state index in [0.29, 0.717) is 6.61 Å². The van der Waals surface area contributed by atoms with E-state index in [1.165, 1.54) is 0 Å². The molecule has 0 radical (unpaired) electrons. The van der Waals surface area contributed by atoms with E-state index in [0.717, 1.165) is 30.9 Å². The lowest BCUT2D eigenvalue weighted by molar-refractivity contribution is -0.121. The van der Waals surface area contributed by atoms with Gasteiger partial charge in [0.25, 0.3) is 0 Å². The number of ether oxygens (including phenoxy) is 1. The second-order valence-electron chi connectivity index (χ2n) is 5.58. The van der Waals surface area contributed by atoms with E-state index in [9.17, 15) is 4.79 Å². The molecule has 0 N–H and O–H groups in total. The molecule has 0 bridgehead atoms. The maximum atomic E-state index is 11.6. The van der Waals surface area contributed by atoms with Gasteiger partial charge in [0.05, 0.1) is 0 Å². The fourth-order valence-corrected chi connectivity index (χ4v) is 2.00. The van der Waals surface area contributed by atoms with Gasteiger partial charge in [-0.2, -0.15) is 0 Å². The highest BCUT2D eigenvalue weighted by molar-refractivity contribution is 5.87. The Kier molecular flexibility index (Phi) is 6.21. The van der Waals surface area contributed by atoms with Crippen LogP contribution in [0.4, 0.5) is 0 Å². The van der Waals surface area contributed by atoms with Gasteiger partial charge in [0.15, 0.2) is 0 Å². The molecule has 1 aromatic carbocycles. The van der Waals surface area contributed by atoms with Crippen molar-refractivity contribution < 1.29 is 9.53 Å². The van der Waals surface area contributed by atoms with Gasteiger partial charge in [-0.25, -0.2) is 0 Å². The molecule has 0 unspecified atom stereocenters. The van der Waals surface area contributed by atoms with Crippen LogP contribution in [-0.2, 0) is 10.2 Å². The lowest BCUT2D eigenvalue weighted by Gasteiger charge is -2.22. The summed E-state index contributed by atoms with van der Waals surface area (Å²) in [6, 6.07) is 7.85. The maximum Gasteiger partial charge on any atom is 0.139 e. The van der Waals surface area contributed by atoms with E-state index >= 15 is 0 Å². The van der Waals surface area contributed by atoms with E-state index in [4.69, 9.17) is 4.74 Å². The Balaban J connectivity index is 2.57. The second-order valence-corrected chi connectivity index (χ2v) is 5.58. The predicted octanol–water partition coefficient (Wildman–Crippen LogP) is 3.27. The molecule has 0 spiro atoms. The summed E-state index contributed by atoms with van der Waals surface area (Å²) in [7, 11) is 0. The fraction of sp³-hybridized carbons (Fsp3) is 0.588. The number of benzene rings is 1. The van der Waals surface area contributed by atoms with Crippen LogP contribution in [0.2, 0.25) is 0 Å². The summed E-state index contributed by atoms with van der Waals surface area (Å²) < 4.78 is 5.74. The second kappa shape index (κ2) is 7.44. The first-order valence-electron chi connectivity index (χ1n) is 7.38. The highest BCUT2D eigenvalue weighted by Gasteiger charge is 2.25. The van der Waals surface area contributed by atoms with Crippen molar-refractivity contribution in [1.82, 2.24) is 4.90 Å². The fourth-order valence-electron chi connectivity index (χ4n) is 2.00. The molecule has 3 heteroatoms. The summed E-state index contributed by atoms with van der Waals surface area (Å²) in [6.07, 6.45) is 0. The molecular weight excluding hydrogens is 250 g/mol. The zero-order chi connectivity index (χ0) is 15.2. The first kappa shape index (κ1) is 16.7. The third-order valence-electron chi connectivity index (χ3n) is 4.03. The standard InChI is InChI=1S/C17H27NO2/c1-6-18(7-2)12-13-20-16-10-8-15(9-11-16)17(4,5)14(3)19/h8-11H,6-7,12-13H2,1-5H3. The van der Waals surface area contributed by atoms with Crippen LogP contribution in [0.15, 0.2) is 24.3 Å². The minimum absolute atomic E-state index is 0.174. The summed E-state index contributed by atoms with van der Waals surface area (Å²) in [4.78, 5) is 14.0. The van der Waals surface area contributed by atoms with Crippen molar-refractivity contribution in [3.05, 3.63) is 29.8 Å². The van der Waals surface area contributed by atoms with Crippen LogP contribution in [0.25, 0.3) is 0 Å². The highest BCUT2D eigenvalue weighted by atomic mass is 16.5. The van der Waals surface area contributed by atoms with Gasteiger partial charge in [-0.3, -0.25) is 4.79 Å². The summed E-state index contributed by atoms with van der Waals surface area (Å²) >= 11 is 0. The Morgan fingerprint density at radius 3 is 2.15 bits per heavy atom. The van der Waals surface area contributed by atoms with Crippen LogP contribution in [0.5, 0.6) is 5.75 Å². The zero-order valence-electron chi connectivity index (χ0n) is 13.4. The molecule has 0 atom stereocenters. The molecule has 0 aliphatic carbocycles. The van der Waals surface area contributed by atoms with Gasteiger partial charge in [0.1, 0.15) is 18.1 Å². The Morgan fingerprint density at radius 2 is 1.70 bits per heavy atom. The molecule has 0 fully saturated rings. The average molecular weight is 277 g/mol. The van der Waals surface area contributed by atoms with Gasteiger partial charge in [-0.05, 0) is 51.6 Å². The largest absolute Gasteiger partial charge is 0.492 e. The monoisotopic (exact) mass is 277 g/mol. The first-order valence-corrected chi connectivity index (χ1v) is 7.38. The predicted molar refractivity (Wildman–Crippen MR) is 83.4 cm³/mol. The van der Waals surface area contributed by atoms with E-state index in [-0.39, 0.29) is 5.78 Å². The first-order chi connectivity index (χ1) is 9.41. The van der Waals surface area contributed by atoms with Crippen molar-refractivity contribution in [2.45, 2.75) is 40.0 Å². The molecular formula is C17H27NO2. The number of rotatable bonds is 8. The number of hydrogen-bond acceptors (Lipinski definition) is 3. The van der Waals surface area contributed by atoms with Gasteiger partial charge >= 0.3 is 0 Å². The Bertz CT molecular complexity index is 419. The minimum atomic E-state index is -0.431. The molecule has 0 saturated heterocycles. The third-order valence-corrected chi connectivity index (χ3v) is 4.03. The van der Waals surface area contributed by atoms with Crippen molar-refractivity contribution in [1.29, 1.82) is 0 Å². The summed E-state index contributed by atoms with van der Waals surface area (Å²) in [5.41, 5.74) is 0.598. The van der Waals surface area contributed by atoms with Crippen LogP contribution in [0.1, 0.15) is 40.2 Å². The number of likely N-dealkylation sites (N-methyl/N-ethyl adjacent to an activating group) is 1. The van der Waals surface area contributed by atoms with Crippen molar-refractivity contribution in [3.63, 3.8) is 0 Å². The van der Waals surface area contributed by atoms with Gasteiger partial charge < -0.3 is 9.64 Å². The SMILES string of the molecule is CCN(CC)CCOc1ccc(C(C)(C)C(C)=O)cc1. The Morgan fingerprint density at radius 1 is 1.15 bits per heavy atom. The van der Waals surface area contributed by atoms with Crippen molar-refractivity contribution in [2.75, 3.05) is 26.2 Å². The number of nitrogens with zero attached hydrogens (tertiary/aromatic N) is 1. The summed E-state index contributed by atoms with van der Waals surface area (Å²) in [6.45, 7) is 13.6. The third kappa shape index (κ3) is 4.34. The lowest BCUT2D eigenvalue weighted by Crippen LogP contribution is -2.28. The Labute approximate surface area is 122 Å². The van der Waals surface area contributed by atoms with E-state index < -0.39 is 5.41 Å². The molecule has 1 rings (SSSR count). The van der Waals surface area contributed by atoms with Crippen molar-refractivity contribution >= 4 is 5.78 Å². The number of carbonyl (C=O) groups is 1. The summed E-state index contributed by atoms with van der Waals surface area (Å²) in [5.74, 6) is 1.04. The quantitative estimate of drug-likeness (QED) is 0.730. The lowest BCUT2D eigenvalue weighted by atomic mass is 9.81. The Hall–Kier alpha value is -1.35. The molecule has 0 aromatic heterocycles. The number of Topliss-reactive ketones (excluding diaryl/α,β-unsaturated/α-hetero) is 1.